The first-order valence-electron chi connectivity index (χ1n) is 10.8. The molecule has 1 aromatic carbocycles. The van der Waals surface area contributed by atoms with Crippen LogP contribution in [0.1, 0.15) is 32.8 Å². The van der Waals surface area contributed by atoms with Crippen molar-refractivity contribution in [1.29, 1.82) is 0 Å². The van der Waals surface area contributed by atoms with E-state index < -0.39 is 0 Å². The van der Waals surface area contributed by atoms with Crippen molar-refractivity contribution < 1.29 is 14.3 Å². The lowest BCUT2D eigenvalue weighted by Gasteiger charge is -2.30. The van der Waals surface area contributed by atoms with Crippen LogP contribution in [0, 0.1) is 11.8 Å². The Morgan fingerprint density at radius 2 is 1.94 bits per heavy atom. The first-order valence-corrected chi connectivity index (χ1v) is 11.2. The summed E-state index contributed by atoms with van der Waals surface area (Å²) >= 11 is 6.47. The second kappa shape index (κ2) is 10.7. The number of halogens is 1. The third-order valence-electron chi connectivity index (χ3n) is 5.14. The highest BCUT2D eigenvalue weighted by molar-refractivity contribution is 6.32. The van der Waals surface area contributed by atoms with Crippen molar-refractivity contribution in [2.45, 2.75) is 33.7 Å². The molecule has 6 nitrogen and oxygen atoms in total. The van der Waals surface area contributed by atoms with E-state index in [-0.39, 0.29) is 11.8 Å². The first-order chi connectivity index (χ1) is 14.8. The van der Waals surface area contributed by atoms with Crippen molar-refractivity contribution in [1.82, 2.24) is 9.88 Å². The third-order valence-corrected chi connectivity index (χ3v) is 5.42. The van der Waals surface area contributed by atoms with E-state index in [0.717, 1.165) is 17.8 Å². The van der Waals surface area contributed by atoms with E-state index in [2.05, 4.69) is 18.8 Å². The number of anilines is 1. The third kappa shape index (κ3) is 6.26. The molecule has 1 unspecified atom stereocenters. The number of carbonyl (C=O) groups is 1. The highest BCUT2D eigenvalue weighted by Crippen LogP contribution is 2.38. The Labute approximate surface area is 190 Å². The van der Waals surface area contributed by atoms with E-state index >= 15 is 0 Å². The lowest BCUT2D eigenvalue weighted by atomic mass is 10.1. The lowest BCUT2D eigenvalue weighted by molar-refractivity contribution is -0.135. The Hall–Kier alpha value is -2.47. The van der Waals surface area contributed by atoms with Crippen molar-refractivity contribution in [3.63, 3.8) is 0 Å². The summed E-state index contributed by atoms with van der Waals surface area (Å²) in [6.45, 7) is 9.12. The summed E-state index contributed by atoms with van der Waals surface area (Å²) < 4.78 is 11.5. The largest absolute Gasteiger partial charge is 0.489 e. The molecule has 1 aliphatic heterocycles. The van der Waals surface area contributed by atoms with Crippen molar-refractivity contribution in [2.24, 2.45) is 11.8 Å². The number of aromatic nitrogens is 1. The summed E-state index contributed by atoms with van der Waals surface area (Å²) in [4.78, 5) is 21.7. The maximum absolute atomic E-state index is 13.4. The minimum Gasteiger partial charge on any atom is -0.489 e. The molecule has 1 aliphatic rings. The summed E-state index contributed by atoms with van der Waals surface area (Å²) in [7, 11) is 1.96. The quantitative estimate of drug-likeness (QED) is 0.591. The molecular formula is C24H32ClN3O3. The van der Waals surface area contributed by atoms with Crippen molar-refractivity contribution in [2.75, 3.05) is 38.3 Å². The van der Waals surface area contributed by atoms with Crippen LogP contribution in [-0.4, -0.2) is 49.1 Å². The zero-order valence-electron chi connectivity index (χ0n) is 18.8. The number of rotatable bonds is 8. The maximum Gasteiger partial charge on any atom is 0.227 e. The average molecular weight is 446 g/mol. The average Bonchev–Trinajstić information content (AvgIpc) is 2.99. The number of nitrogens with zero attached hydrogens (tertiary/aromatic N) is 3. The van der Waals surface area contributed by atoms with Gasteiger partial charge in [0.25, 0.3) is 0 Å². The van der Waals surface area contributed by atoms with E-state index in [1.807, 2.05) is 54.1 Å². The molecule has 2 aromatic rings. The molecule has 2 heterocycles. The molecule has 0 bridgehead atoms. The van der Waals surface area contributed by atoms with Crippen LogP contribution in [0.4, 0.5) is 5.82 Å². The van der Waals surface area contributed by atoms with E-state index in [4.69, 9.17) is 21.1 Å². The number of benzene rings is 1. The van der Waals surface area contributed by atoms with E-state index in [1.165, 1.54) is 0 Å². The summed E-state index contributed by atoms with van der Waals surface area (Å²) in [5.74, 6) is 2.38. The molecule has 1 atom stereocenters. The van der Waals surface area contributed by atoms with Gasteiger partial charge in [-0.15, -0.1) is 0 Å². The van der Waals surface area contributed by atoms with Gasteiger partial charge in [-0.25, -0.2) is 4.98 Å². The topological polar surface area (TPSA) is 54.9 Å². The van der Waals surface area contributed by atoms with Gasteiger partial charge in [0.2, 0.25) is 5.91 Å². The monoisotopic (exact) mass is 445 g/mol. The molecule has 0 radical (unpaired) electrons. The van der Waals surface area contributed by atoms with Gasteiger partial charge in [0, 0.05) is 39.3 Å². The highest BCUT2D eigenvalue weighted by Gasteiger charge is 2.24. The summed E-state index contributed by atoms with van der Waals surface area (Å²) in [5.41, 5.74) is 0.938. The smallest absolute Gasteiger partial charge is 0.227 e. The fraction of sp³-hybridized carbons (Fsp3) is 0.500. The fourth-order valence-electron chi connectivity index (χ4n) is 3.74. The predicted molar refractivity (Wildman–Crippen MR) is 124 cm³/mol. The van der Waals surface area contributed by atoms with Crippen molar-refractivity contribution in [3.05, 3.63) is 47.1 Å². The van der Waals surface area contributed by atoms with Gasteiger partial charge in [0.05, 0.1) is 24.2 Å². The molecule has 1 aromatic heterocycles. The van der Waals surface area contributed by atoms with Gasteiger partial charge in [-0.1, -0.05) is 38.4 Å². The van der Waals surface area contributed by atoms with Crippen molar-refractivity contribution >= 4 is 23.3 Å². The Morgan fingerprint density at radius 3 is 2.65 bits per heavy atom. The number of hydrogen-bond acceptors (Lipinski definition) is 5. The summed E-state index contributed by atoms with van der Waals surface area (Å²) in [6.07, 6.45) is 2.58. The molecule has 168 valence electrons. The van der Waals surface area contributed by atoms with E-state index in [9.17, 15) is 4.79 Å². The second-order valence-electron chi connectivity index (χ2n) is 8.54. The van der Waals surface area contributed by atoms with E-state index in [1.54, 1.807) is 6.20 Å². The van der Waals surface area contributed by atoms with Crippen molar-refractivity contribution in [3.8, 4) is 11.5 Å². The van der Waals surface area contributed by atoms with Crippen LogP contribution < -0.4 is 14.4 Å². The molecule has 0 fully saturated rings. The zero-order valence-corrected chi connectivity index (χ0v) is 19.6. The molecule has 31 heavy (non-hydrogen) atoms. The number of ether oxygens (including phenoxy) is 2. The highest BCUT2D eigenvalue weighted by atomic mass is 35.5. The molecule has 0 spiro atoms. The second-order valence-corrected chi connectivity index (χ2v) is 8.94. The standard InChI is InChI=1S/C24H32ClN3O3/c1-17(2)14-28(24(29)18(3)15-27(4)22-8-5-6-9-26-22)16-19-12-20(25)23-21(13-19)30-10-7-11-31-23/h5-6,8-9,12-13,17-18H,7,10-11,14-16H2,1-4H3. The minimum atomic E-state index is -0.179. The van der Waals surface area contributed by atoms with Gasteiger partial charge in [-0.3, -0.25) is 4.79 Å². The molecule has 0 saturated heterocycles. The zero-order chi connectivity index (χ0) is 22.4. The Morgan fingerprint density at radius 1 is 1.16 bits per heavy atom. The van der Waals surface area contributed by atoms with E-state index in [0.29, 0.717) is 55.3 Å². The number of carbonyl (C=O) groups excluding carboxylic acids is 1. The lowest BCUT2D eigenvalue weighted by Crippen LogP contribution is -2.41. The number of pyridine rings is 1. The van der Waals surface area contributed by atoms with Gasteiger partial charge in [-0.05, 0) is 35.7 Å². The van der Waals surface area contributed by atoms with Crippen LogP contribution in [0.3, 0.4) is 0 Å². The summed E-state index contributed by atoms with van der Waals surface area (Å²) in [6, 6.07) is 9.60. The van der Waals surface area contributed by atoms with Crippen LogP contribution in [0.2, 0.25) is 5.02 Å². The van der Waals surface area contributed by atoms with Crippen LogP contribution >= 0.6 is 11.6 Å². The molecule has 0 saturated carbocycles. The molecule has 0 aliphatic carbocycles. The maximum atomic E-state index is 13.4. The number of amides is 1. The van der Waals surface area contributed by atoms with Gasteiger partial charge in [0.15, 0.2) is 11.5 Å². The first kappa shape index (κ1) is 23.2. The number of hydrogen-bond donors (Lipinski definition) is 0. The Kier molecular flexibility index (Phi) is 8.02. The van der Waals surface area contributed by atoms with Crippen LogP contribution in [0.15, 0.2) is 36.5 Å². The van der Waals surface area contributed by atoms with Gasteiger partial charge >= 0.3 is 0 Å². The molecule has 7 heteroatoms. The Balaban J connectivity index is 1.74. The molecule has 0 N–H and O–H groups in total. The Bertz CT molecular complexity index is 876. The number of fused-ring (bicyclic) bond motifs is 1. The molecular weight excluding hydrogens is 414 g/mol. The normalized spacial score (nSPS) is 14.1. The minimum absolute atomic E-state index is 0.111. The fourth-order valence-corrected chi connectivity index (χ4v) is 4.03. The molecule has 3 rings (SSSR count). The van der Waals surface area contributed by atoms with Gasteiger partial charge in [0.1, 0.15) is 5.82 Å². The SMILES string of the molecule is CC(C)CN(Cc1cc(Cl)c2c(c1)OCCCO2)C(=O)C(C)CN(C)c1ccccn1. The predicted octanol–water partition coefficient (Wildman–Crippen LogP) is 4.65. The van der Waals surface area contributed by atoms with Gasteiger partial charge in [-0.2, -0.15) is 0 Å². The van der Waals surface area contributed by atoms with Gasteiger partial charge < -0.3 is 19.3 Å². The van der Waals surface area contributed by atoms with Crippen LogP contribution in [0.5, 0.6) is 11.5 Å². The van der Waals surface area contributed by atoms with Crippen LogP contribution in [0.25, 0.3) is 0 Å². The van der Waals surface area contributed by atoms with Crippen LogP contribution in [-0.2, 0) is 11.3 Å². The molecule has 1 amide bonds. The summed E-state index contributed by atoms with van der Waals surface area (Å²) in [5, 5.41) is 0.522.